The smallest absolute Gasteiger partial charge is 0.314 e. The monoisotopic (exact) mass is 367 g/mol. The summed E-state index contributed by atoms with van der Waals surface area (Å²) in [5.74, 6) is -0.149. The summed E-state index contributed by atoms with van der Waals surface area (Å²) in [6.07, 6.45) is 2.29. The van der Waals surface area contributed by atoms with Crippen LogP contribution in [0.4, 0.5) is 8.78 Å². The fraction of sp³-hybridized carbons (Fsp3) is 0.158. The maximum atomic E-state index is 12.8. The van der Waals surface area contributed by atoms with E-state index in [1.165, 1.54) is 5.56 Å². The highest BCUT2D eigenvalue weighted by Crippen LogP contribution is 2.30. The first-order chi connectivity index (χ1) is 13.1. The Morgan fingerprint density at radius 3 is 2.59 bits per heavy atom. The highest BCUT2D eigenvalue weighted by Gasteiger charge is 2.21. The third kappa shape index (κ3) is 3.46. The zero-order chi connectivity index (χ0) is 18.8. The summed E-state index contributed by atoms with van der Waals surface area (Å²) in [7, 11) is 0. The largest absolute Gasteiger partial charge is 0.415 e. The van der Waals surface area contributed by atoms with Crippen LogP contribution in [0.2, 0.25) is 0 Å². The van der Waals surface area contributed by atoms with E-state index in [4.69, 9.17) is 4.42 Å². The molecule has 6 nitrogen and oxygen atoms in total. The van der Waals surface area contributed by atoms with Gasteiger partial charge in [-0.25, -0.2) is 4.98 Å². The molecule has 3 heterocycles. The van der Waals surface area contributed by atoms with Gasteiger partial charge in [0.2, 0.25) is 5.89 Å². The van der Waals surface area contributed by atoms with Crippen LogP contribution < -0.4 is 0 Å². The van der Waals surface area contributed by atoms with Crippen LogP contribution in [0.1, 0.15) is 23.4 Å². The number of pyridine rings is 1. The van der Waals surface area contributed by atoms with Gasteiger partial charge in [0.25, 0.3) is 5.89 Å². The van der Waals surface area contributed by atoms with Crippen molar-refractivity contribution in [2.75, 3.05) is 0 Å². The van der Waals surface area contributed by atoms with Crippen LogP contribution >= 0.6 is 0 Å². The molecule has 0 amide bonds. The maximum Gasteiger partial charge on any atom is 0.314 e. The van der Waals surface area contributed by atoms with Crippen molar-refractivity contribution in [2.24, 2.45) is 0 Å². The number of alkyl halides is 2. The lowest BCUT2D eigenvalue weighted by atomic mass is 10.1. The van der Waals surface area contributed by atoms with Crippen molar-refractivity contribution in [3.05, 3.63) is 72.0 Å². The van der Waals surface area contributed by atoms with Gasteiger partial charge in [0.15, 0.2) is 5.82 Å². The number of halogens is 2. The van der Waals surface area contributed by atoms with Crippen LogP contribution in [0.5, 0.6) is 0 Å². The molecular weight excluding hydrogens is 352 g/mol. The molecule has 3 aromatic heterocycles. The van der Waals surface area contributed by atoms with E-state index in [0.29, 0.717) is 23.6 Å². The Labute approximate surface area is 153 Å². The third-order valence-corrected chi connectivity index (χ3v) is 4.07. The Morgan fingerprint density at radius 1 is 1.04 bits per heavy atom. The fourth-order valence-electron chi connectivity index (χ4n) is 2.73. The number of rotatable bonds is 5. The molecule has 0 bridgehead atoms. The molecule has 4 aromatic rings. The lowest BCUT2D eigenvalue weighted by Crippen LogP contribution is -2.03. The minimum atomic E-state index is -2.82. The first-order valence-electron chi connectivity index (χ1n) is 8.26. The summed E-state index contributed by atoms with van der Waals surface area (Å²) in [4.78, 5) is 8.76. The van der Waals surface area contributed by atoms with Crippen molar-refractivity contribution in [3.63, 3.8) is 0 Å². The average molecular weight is 367 g/mol. The predicted molar refractivity (Wildman–Crippen MR) is 94.0 cm³/mol. The number of aromatic nitrogens is 5. The number of nitrogens with zero attached hydrogens (tertiary/aromatic N) is 5. The number of imidazole rings is 1. The van der Waals surface area contributed by atoms with Crippen molar-refractivity contribution < 1.29 is 13.2 Å². The summed E-state index contributed by atoms with van der Waals surface area (Å²) < 4.78 is 32.6. The van der Waals surface area contributed by atoms with Crippen LogP contribution in [0.3, 0.4) is 0 Å². The van der Waals surface area contributed by atoms with E-state index in [2.05, 4.69) is 20.2 Å². The minimum Gasteiger partial charge on any atom is -0.415 e. The Hall–Kier alpha value is -3.42. The molecule has 0 saturated carbocycles. The molecule has 0 aliphatic carbocycles. The zero-order valence-electron chi connectivity index (χ0n) is 14.4. The summed E-state index contributed by atoms with van der Waals surface area (Å²) in [6.45, 7) is 2.63. The van der Waals surface area contributed by atoms with E-state index in [-0.39, 0.29) is 5.89 Å². The van der Waals surface area contributed by atoms with Gasteiger partial charge in [0, 0.05) is 25.1 Å². The molecular formula is C19H15F2N5O. The molecule has 0 aliphatic heterocycles. The van der Waals surface area contributed by atoms with Gasteiger partial charge in [-0.1, -0.05) is 29.8 Å². The van der Waals surface area contributed by atoms with E-state index < -0.39 is 12.3 Å². The van der Waals surface area contributed by atoms with Crippen LogP contribution in [0.25, 0.3) is 23.0 Å². The van der Waals surface area contributed by atoms with Gasteiger partial charge in [-0.2, -0.15) is 8.78 Å². The van der Waals surface area contributed by atoms with Crippen LogP contribution in [0, 0.1) is 6.92 Å². The number of hydrogen-bond acceptors (Lipinski definition) is 5. The van der Waals surface area contributed by atoms with Crippen molar-refractivity contribution in [1.29, 1.82) is 0 Å². The van der Waals surface area contributed by atoms with E-state index in [1.807, 2.05) is 42.0 Å². The Bertz CT molecular complexity index is 1060. The lowest BCUT2D eigenvalue weighted by molar-refractivity contribution is 0.116. The quantitative estimate of drug-likeness (QED) is 0.526. The molecule has 0 N–H and O–H groups in total. The molecule has 8 heteroatoms. The highest BCUT2D eigenvalue weighted by atomic mass is 19.3. The van der Waals surface area contributed by atoms with Crippen molar-refractivity contribution in [3.8, 4) is 23.0 Å². The van der Waals surface area contributed by atoms with Crippen molar-refractivity contribution >= 4 is 0 Å². The Kier molecular flexibility index (Phi) is 4.45. The molecule has 0 fully saturated rings. The van der Waals surface area contributed by atoms with Crippen LogP contribution in [0.15, 0.2) is 59.4 Å². The van der Waals surface area contributed by atoms with Gasteiger partial charge in [-0.05, 0) is 24.6 Å². The maximum absolute atomic E-state index is 12.8. The highest BCUT2D eigenvalue weighted by molar-refractivity contribution is 5.72. The van der Waals surface area contributed by atoms with Crippen LogP contribution in [-0.4, -0.2) is 24.7 Å². The molecule has 136 valence electrons. The van der Waals surface area contributed by atoms with E-state index in [0.717, 1.165) is 5.56 Å². The van der Waals surface area contributed by atoms with Gasteiger partial charge in [-0.3, -0.25) is 4.98 Å². The van der Waals surface area contributed by atoms with Gasteiger partial charge < -0.3 is 8.98 Å². The molecule has 0 spiro atoms. The predicted octanol–water partition coefficient (Wildman–Crippen LogP) is 4.29. The van der Waals surface area contributed by atoms with Crippen molar-refractivity contribution in [1.82, 2.24) is 24.7 Å². The molecule has 27 heavy (non-hydrogen) atoms. The number of benzene rings is 1. The standard InChI is InChI=1S/C19H15F2N5O/c1-12-4-6-13(7-5-12)11-26-10-9-23-17(26)15-14(3-2-8-22-15)18-24-25-19(27-18)16(20)21/h2-10,16H,11H2,1H3. The second kappa shape index (κ2) is 7.06. The van der Waals surface area contributed by atoms with Gasteiger partial charge >= 0.3 is 6.43 Å². The molecule has 0 atom stereocenters. The minimum absolute atomic E-state index is 0.0155. The third-order valence-electron chi connectivity index (χ3n) is 4.07. The molecule has 0 aliphatic rings. The van der Waals surface area contributed by atoms with Gasteiger partial charge in [0.1, 0.15) is 5.69 Å². The first kappa shape index (κ1) is 17.0. The summed E-state index contributed by atoms with van der Waals surface area (Å²) in [5, 5.41) is 7.12. The van der Waals surface area contributed by atoms with Gasteiger partial charge in [0.05, 0.1) is 5.56 Å². The molecule has 0 unspecified atom stereocenters. The van der Waals surface area contributed by atoms with Crippen molar-refractivity contribution in [2.45, 2.75) is 19.9 Å². The normalized spacial score (nSPS) is 11.3. The second-order valence-electron chi connectivity index (χ2n) is 6.01. The fourth-order valence-corrected chi connectivity index (χ4v) is 2.73. The van der Waals surface area contributed by atoms with Crippen LogP contribution in [-0.2, 0) is 6.54 Å². The molecule has 0 saturated heterocycles. The molecule has 0 radical (unpaired) electrons. The van der Waals surface area contributed by atoms with E-state index >= 15 is 0 Å². The average Bonchev–Trinajstić information content (AvgIpc) is 3.33. The number of aryl methyl sites for hydroxylation is 1. The first-order valence-corrected chi connectivity index (χ1v) is 8.26. The zero-order valence-corrected chi connectivity index (χ0v) is 14.4. The van der Waals surface area contributed by atoms with E-state index in [9.17, 15) is 8.78 Å². The Balaban J connectivity index is 1.72. The van der Waals surface area contributed by atoms with Gasteiger partial charge in [-0.15, -0.1) is 10.2 Å². The molecule has 1 aromatic carbocycles. The summed E-state index contributed by atoms with van der Waals surface area (Å²) in [6, 6.07) is 11.6. The molecule has 4 rings (SSSR count). The SMILES string of the molecule is Cc1ccc(Cn2ccnc2-c2ncccc2-c2nnc(C(F)F)o2)cc1. The Morgan fingerprint density at radius 2 is 1.85 bits per heavy atom. The number of hydrogen-bond donors (Lipinski definition) is 0. The second-order valence-corrected chi connectivity index (χ2v) is 6.01. The topological polar surface area (TPSA) is 69.6 Å². The summed E-state index contributed by atoms with van der Waals surface area (Å²) in [5.41, 5.74) is 3.23. The lowest BCUT2D eigenvalue weighted by Gasteiger charge is -2.10. The van der Waals surface area contributed by atoms with E-state index in [1.54, 1.807) is 24.5 Å². The summed E-state index contributed by atoms with van der Waals surface area (Å²) >= 11 is 0.